The number of carboxylic acids is 1. The molecule has 34 heavy (non-hydrogen) atoms. The van der Waals surface area contributed by atoms with Crippen molar-refractivity contribution in [1.82, 2.24) is 14.1 Å². The van der Waals surface area contributed by atoms with Crippen LogP contribution in [0.4, 0.5) is 0 Å². The predicted molar refractivity (Wildman–Crippen MR) is 138 cm³/mol. The van der Waals surface area contributed by atoms with Gasteiger partial charge in [0.1, 0.15) is 0 Å². The summed E-state index contributed by atoms with van der Waals surface area (Å²) < 4.78 is 4.96. The first-order chi connectivity index (χ1) is 16.4. The third kappa shape index (κ3) is 4.18. The van der Waals surface area contributed by atoms with Crippen LogP contribution >= 0.6 is 27.5 Å². The fourth-order valence-corrected chi connectivity index (χ4v) is 4.39. The van der Waals surface area contributed by atoms with E-state index in [4.69, 9.17) is 11.6 Å². The van der Waals surface area contributed by atoms with Crippen molar-refractivity contribution in [3.63, 3.8) is 0 Å². The number of carboxylic acid groups (broad SMARTS) is 1. The van der Waals surface area contributed by atoms with Crippen LogP contribution in [0.25, 0.3) is 33.9 Å². The van der Waals surface area contributed by atoms with Crippen LogP contribution in [-0.2, 0) is 0 Å². The summed E-state index contributed by atoms with van der Waals surface area (Å²) in [6.45, 7) is 1.82. The van der Waals surface area contributed by atoms with Gasteiger partial charge in [0.2, 0.25) is 0 Å². The van der Waals surface area contributed by atoms with Crippen molar-refractivity contribution in [2.45, 2.75) is 6.92 Å². The maximum absolute atomic E-state index is 11.8. The maximum atomic E-state index is 11.8. The number of aromatic carboxylic acids is 1. The van der Waals surface area contributed by atoms with Gasteiger partial charge >= 0.3 is 5.97 Å². The summed E-state index contributed by atoms with van der Waals surface area (Å²) in [7, 11) is 0. The fourth-order valence-electron chi connectivity index (χ4n) is 4.00. The van der Waals surface area contributed by atoms with Crippen LogP contribution in [-0.4, -0.2) is 25.2 Å². The molecular formula is C27H19BrClN3O2. The lowest BCUT2D eigenvalue weighted by molar-refractivity contribution is 0.0696. The number of hydrogen-bond acceptors (Lipinski definition) is 2. The quantitative estimate of drug-likeness (QED) is 0.256. The molecule has 0 bridgehead atoms. The molecule has 0 unspecified atom stereocenters. The average molecular weight is 533 g/mol. The minimum atomic E-state index is -0.957. The Bertz CT molecular complexity index is 1480. The molecule has 0 spiro atoms. The molecule has 3 aromatic carbocycles. The van der Waals surface area contributed by atoms with Gasteiger partial charge < -0.3 is 14.2 Å². The van der Waals surface area contributed by atoms with Crippen molar-refractivity contribution < 1.29 is 9.90 Å². The Morgan fingerprint density at radius 3 is 2.18 bits per heavy atom. The summed E-state index contributed by atoms with van der Waals surface area (Å²) in [6.07, 6.45) is 3.78. The van der Waals surface area contributed by atoms with Gasteiger partial charge in [0.25, 0.3) is 0 Å². The zero-order valence-electron chi connectivity index (χ0n) is 18.1. The van der Waals surface area contributed by atoms with Crippen molar-refractivity contribution in [1.29, 1.82) is 0 Å². The SMILES string of the molecule is Cc1c(C(=O)O)cc(-c2ccc(Cl)cc2)n1-c1ccc(-c2cn(-c3ccc(Br)cc3)cn2)cc1. The van der Waals surface area contributed by atoms with E-state index in [-0.39, 0.29) is 5.56 Å². The Kier molecular flexibility index (Phi) is 5.86. The molecule has 0 radical (unpaired) electrons. The Hall–Kier alpha value is -3.61. The zero-order chi connectivity index (χ0) is 23.8. The number of aromatic nitrogens is 3. The van der Waals surface area contributed by atoms with Gasteiger partial charge in [0.15, 0.2) is 0 Å². The molecule has 2 heterocycles. The minimum absolute atomic E-state index is 0.266. The van der Waals surface area contributed by atoms with Crippen molar-refractivity contribution in [3.05, 3.63) is 112 Å². The topological polar surface area (TPSA) is 60.0 Å². The van der Waals surface area contributed by atoms with Crippen molar-refractivity contribution >= 4 is 33.5 Å². The van der Waals surface area contributed by atoms with Gasteiger partial charge in [-0.1, -0.05) is 51.8 Å². The molecule has 7 heteroatoms. The second kappa shape index (κ2) is 8.97. The highest BCUT2D eigenvalue weighted by atomic mass is 79.9. The van der Waals surface area contributed by atoms with Crippen LogP contribution < -0.4 is 0 Å². The molecule has 168 valence electrons. The highest BCUT2D eigenvalue weighted by molar-refractivity contribution is 9.10. The Morgan fingerprint density at radius 2 is 1.53 bits per heavy atom. The second-order valence-electron chi connectivity index (χ2n) is 7.87. The highest BCUT2D eigenvalue weighted by Gasteiger charge is 2.19. The summed E-state index contributed by atoms with van der Waals surface area (Å²) in [5.41, 5.74) is 6.31. The van der Waals surface area contributed by atoms with Crippen molar-refractivity contribution in [2.24, 2.45) is 0 Å². The molecule has 0 fully saturated rings. The molecule has 0 aliphatic heterocycles. The number of hydrogen-bond donors (Lipinski definition) is 1. The van der Waals surface area contributed by atoms with Gasteiger partial charge in [0.05, 0.1) is 23.3 Å². The first-order valence-electron chi connectivity index (χ1n) is 10.5. The summed E-state index contributed by atoms with van der Waals surface area (Å²) in [5, 5.41) is 10.3. The van der Waals surface area contributed by atoms with Gasteiger partial charge in [-0.2, -0.15) is 0 Å². The van der Waals surface area contributed by atoms with E-state index >= 15 is 0 Å². The van der Waals surface area contributed by atoms with E-state index < -0.39 is 5.97 Å². The van der Waals surface area contributed by atoms with E-state index in [1.165, 1.54) is 0 Å². The predicted octanol–water partition coefficient (Wildman–Crippen LogP) is 7.42. The molecule has 2 aromatic heterocycles. The third-order valence-electron chi connectivity index (χ3n) is 5.75. The summed E-state index contributed by atoms with van der Waals surface area (Å²) in [5.74, 6) is -0.957. The van der Waals surface area contributed by atoms with E-state index in [9.17, 15) is 9.90 Å². The minimum Gasteiger partial charge on any atom is -0.478 e. The third-order valence-corrected chi connectivity index (χ3v) is 6.53. The summed E-state index contributed by atoms with van der Waals surface area (Å²) in [6, 6.07) is 25.1. The average Bonchev–Trinajstić information content (AvgIpc) is 3.46. The molecule has 5 aromatic rings. The normalized spacial score (nSPS) is 11.0. The van der Waals surface area contributed by atoms with Gasteiger partial charge in [-0.15, -0.1) is 0 Å². The maximum Gasteiger partial charge on any atom is 0.337 e. The van der Waals surface area contributed by atoms with Gasteiger partial charge in [0, 0.05) is 38.3 Å². The van der Waals surface area contributed by atoms with Crippen LogP contribution in [0.5, 0.6) is 0 Å². The molecule has 5 nitrogen and oxygen atoms in total. The lowest BCUT2D eigenvalue weighted by Gasteiger charge is -2.13. The van der Waals surface area contributed by atoms with Crippen molar-refractivity contribution in [3.8, 4) is 33.9 Å². The van der Waals surface area contributed by atoms with Crippen molar-refractivity contribution in [2.75, 3.05) is 0 Å². The second-order valence-corrected chi connectivity index (χ2v) is 9.22. The Balaban J connectivity index is 1.52. The molecular weight excluding hydrogens is 514 g/mol. The molecule has 0 saturated heterocycles. The largest absolute Gasteiger partial charge is 0.478 e. The number of rotatable bonds is 5. The Labute approximate surface area is 210 Å². The Morgan fingerprint density at radius 1 is 0.912 bits per heavy atom. The smallest absolute Gasteiger partial charge is 0.337 e. The van der Waals surface area contributed by atoms with E-state index in [0.29, 0.717) is 10.7 Å². The van der Waals surface area contributed by atoms with E-state index in [0.717, 1.165) is 38.4 Å². The van der Waals surface area contributed by atoms with Crippen LogP contribution in [0.3, 0.4) is 0 Å². The molecule has 0 aliphatic carbocycles. The molecule has 0 saturated carbocycles. The number of halogens is 2. The van der Waals surface area contributed by atoms with Gasteiger partial charge in [-0.3, -0.25) is 0 Å². The van der Waals surface area contributed by atoms with Gasteiger partial charge in [-0.05, 0) is 67.1 Å². The van der Waals surface area contributed by atoms with Gasteiger partial charge in [-0.25, -0.2) is 9.78 Å². The first kappa shape index (κ1) is 22.2. The van der Waals surface area contributed by atoms with Crippen LogP contribution in [0, 0.1) is 6.92 Å². The standard InChI is InChI=1S/C27H19BrClN3O2/c1-17-24(27(33)34)14-26(19-2-8-21(29)9-3-19)32(17)23-10-4-18(5-11-23)25-15-31(16-30-25)22-12-6-20(28)7-13-22/h2-16H,1H3,(H,33,34). The van der Waals surface area contributed by atoms with E-state index in [2.05, 4.69) is 20.9 Å². The summed E-state index contributed by atoms with van der Waals surface area (Å²) >= 11 is 9.51. The fraction of sp³-hybridized carbons (Fsp3) is 0.0370. The zero-order valence-corrected chi connectivity index (χ0v) is 20.5. The molecule has 1 N–H and O–H groups in total. The molecule has 0 amide bonds. The lowest BCUT2D eigenvalue weighted by atomic mass is 10.1. The summed E-state index contributed by atoms with van der Waals surface area (Å²) in [4.78, 5) is 16.4. The molecule has 0 aliphatic rings. The number of imidazole rings is 1. The van der Waals surface area contributed by atoms with Crippen LogP contribution in [0.1, 0.15) is 16.1 Å². The van der Waals surface area contributed by atoms with E-state index in [1.54, 1.807) is 24.5 Å². The van der Waals surface area contributed by atoms with E-state index in [1.807, 2.05) is 82.9 Å². The first-order valence-corrected chi connectivity index (χ1v) is 11.7. The molecule has 0 atom stereocenters. The number of nitrogens with zero attached hydrogens (tertiary/aromatic N) is 3. The van der Waals surface area contributed by atoms with Crippen LogP contribution in [0.2, 0.25) is 5.02 Å². The number of carbonyl (C=O) groups is 1. The monoisotopic (exact) mass is 531 g/mol. The van der Waals surface area contributed by atoms with Crippen LogP contribution in [0.15, 0.2) is 95.9 Å². The highest BCUT2D eigenvalue weighted by Crippen LogP contribution is 2.31. The number of benzene rings is 3. The lowest BCUT2D eigenvalue weighted by Crippen LogP contribution is -2.02. The molecule has 5 rings (SSSR count).